The smallest absolute Gasteiger partial charge is 0.187 e. The van der Waals surface area contributed by atoms with Crippen molar-refractivity contribution in [2.45, 2.75) is 0 Å². The molecule has 0 aliphatic carbocycles. The van der Waals surface area contributed by atoms with E-state index in [1.54, 1.807) is 36.5 Å². The van der Waals surface area contributed by atoms with Gasteiger partial charge in [0.15, 0.2) is 5.69 Å². The van der Waals surface area contributed by atoms with Crippen LogP contribution in [0.25, 0.3) is 71.3 Å². The summed E-state index contributed by atoms with van der Waals surface area (Å²) in [6, 6.07) is 38.5. The van der Waals surface area contributed by atoms with Crippen molar-refractivity contribution in [3.05, 3.63) is 137 Å². The van der Waals surface area contributed by atoms with Crippen LogP contribution in [0.1, 0.15) is 16.7 Å². The van der Waals surface area contributed by atoms with Gasteiger partial charge in [-0.3, -0.25) is 9.13 Å². The van der Waals surface area contributed by atoms with E-state index in [1.165, 1.54) is 0 Å². The number of fused-ring (bicyclic) bond motifs is 6. The number of nitrogens with zero attached hydrogens (tertiary/aromatic N) is 8. The van der Waals surface area contributed by atoms with E-state index in [4.69, 9.17) is 16.5 Å². The van der Waals surface area contributed by atoms with E-state index in [1.807, 2.05) is 75.9 Å². The molecule has 0 aliphatic rings. The number of hydrogen-bond acceptors (Lipinski definition) is 5. The zero-order valence-electron chi connectivity index (χ0n) is 24.0. The van der Waals surface area contributed by atoms with E-state index < -0.39 is 0 Å². The lowest BCUT2D eigenvalue weighted by Gasteiger charge is -2.15. The van der Waals surface area contributed by atoms with Crippen LogP contribution in [0.4, 0.5) is 5.69 Å². The van der Waals surface area contributed by atoms with Gasteiger partial charge in [-0.25, -0.2) is 14.8 Å². The van der Waals surface area contributed by atoms with Gasteiger partial charge in [-0.05, 0) is 83.9 Å². The van der Waals surface area contributed by atoms with Crippen molar-refractivity contribution in [2.75, 3.05) is 0 Å². The highest BCUT2D eigenvalue weighted by Gasteiger charge is 2.20. The summed E-state index contributed by atoms with van der Waals surface area (Å²) in [6.45, 7) is 7.64. The van der Waals surface area contributed by atoms with Crippen LogP contribution in [0.15, 0.2) is 109 Å². The van der Waals surface area contributed by atoms with E-state index in [2.05, 4.69) is 29.1 Å². The first-order valence-electron chi connectivity index (χ1n) is 14.3. The second kappa shape index (κ2) is 10.2. The summed E-state index contributed by atoms with van der Waals surface area (Å²) in [5.74, 6) is 1.13. The molecule has 0 N–H and O–H groups in total. The monoisotopic (exact) mass is 586 g/mol. The molecule has 4 heterocycles. The Labute approximate surface area is 262 Å². The van der Waals surface area contributed by atoms with Gasteiger partial charge in [0.25, 0.3) is 0 Å². The van der Waals surface area contributed by atoms with Gasteiger partial charge in [0, 0.05) is 27.7 Å². The lowest BCUT2D eigenvalue weighted by Crippen LogP contribution is -2.05. The fourth-order valence-electron chi connectivity index (χ4n) is 6.26. The van der Waals surface area contributed by atoms with Crippen molar-refractivity contribution < 1.29 is 0 Å². The molecule has 8 aromatic rings. The molecule has 4 aromatic carbocycles. The lowest BCUT2D eigenvalue weighted by molar-refractivity contribution is 1.00. The number of benzene rings is 4. The molecule has 0 saturated heterocycles. The molecular formula is C38H18N8. The molecule has 0 amide bonds. The predicted molar refractivity (Wildman–Crippen MR) is 177 cm³/mol. The molecule has 4 aromatic heterocycles. The lowest BCUT2D eigenvalue weighted by atomic mass is 10.00. The van der Waals surface area contributed by atoms with Gasteiger partial charge in [0.1, 0.15) is 17.3 Å². The molecule has 0 spiro atoms. The van der Waals surface area contributed by atoms with E-state index >= 15 is 0 Å². The van der Waals surface area contributed by atoms with Crippen LogP contribution in [0.2, 0.25) is 0 Å². The summed E-state index contributed by atoms with van der Waals surface area (Å²) in [7, 11) is 0. The van der Waals surface area contributed by atoms with E-state index in [9.17, 15) is 15.8 Å². The molecule has 0 saturated carbocycles. The summed E-state index contributed by atoms with van der Waals surface area (Å²) in [6.07, 6.45) is 1.75. The Hall–Kier alpha value is -7.26. The maximum absolute atomic E-state index is 10.1. The zero-order chi connectivity index (χ0) is 31.4. The topological polar surface area (TPSA) is 111 Å². The highest BCUT2D eigenvalue weighted by atomic mass is 15.2. The van der Waals surface area contributed by atoms with Gasteiger partial charge in [-0.2, -0.15) is 15.8 Å². The second-order valence-electron chi connectivity index (χ2n) is 10.8. The zero-order valence-corrected chi connectivity index (χ0v) is 24.0. The third-order valence-corrected chi connectivity index (χ3v) is 8.28. The first-order valence-corrected chi connectivity index (χ1v) is 14.3. The van der Waals surface area contributed by atoms with Gasteiger partial charge < -0.3 is 0 Å². The van der Waals surface area contributed by atoms with Crippen molar-refractivity contribution in [1.82, 2.24) is 19.1 Å². The van der Waals surface area contributed by atoms with E-state index in [-0.39, 0.29) is 0 Å². The average Bonchev–Trinajstić information content (AvgIpc) is 3.63. The van der Waals surface area contributed by atoms with Crippen molar-refractivity contribution in [3.8, 4) is 41.0 Å². The Morgan fingerprint density at radius 2 is 1.26 bits per heavy atom. The standard InChI is InChI=1S/C38H18N8/c1-42-27-11-10-25(22-41)30(19-27)26-17-36(44-37(18-26)46-33-7-3-2-5-28(33)29-6-4-14-43-38(29)46)45-34-12-8-23(20-39)15-31(34)32-16-24(21-40)9-13-35(32)45/h2-19H. The van der Waals surface area contributed by atoms with Crippen LogP contribution >= 0.6 is 0 Å². The Morgan fingerprint density at radius 3 is 1.93 bits per heavy atom. The quantitative estimate of drug-likeness (QED) is 0.193. The van der Waals surface area contributed by atoms with Gasteiger partial charge in [0.05, 0.1) is 58.0 Å². The molecule has 8 rings (SSSR count). The maximum atomic E-state index is 10.1. The van der Waals surface area contributed by atoms with Gasteiger partial charge in [-0.1, -0.05) is 30.3 Å². The fraction of sp³-hybridized carbons (Fsp3) is 0. The summed E-state index contributed by atoms with van der Waals surface area (Å²) >= 11 is 0. The van der Waals surface area contributed by atoms with Crippen molar-refractivity contribution in [1.29, 1.82) is 15.8 Å². The van der Waals surface area contributed by atoms with Crippen LogP contribution < -0.4 is 0 Å². The minimum atomic E-state index is 0.414. The number of para-hydroxylation sites is 1. The summed E-state index contributed by atoms with van der Waals surface area (Å²) < 4.78 is 4.02. The molecule has 0 radical (unpaired) electrons. The second-order valence-corrected chi connectivity index (χ2v) is 10.8. The van der Waals surface area contributed by atoms with Crippen molar-refractivity contribution in [3.63, 3.8) is 0 Å². The minimum Gasteiger partial charge on any atom is -0.294 e. The van der Waals surface area contributed by atoms with Crippen LogP contribution in [0.5, 0.6) is 0 Å². The Kier molecular flexibility index (Phi) is 5.84. The Bertz CT molecular complexity index is 2630. The molecule has 46 heavy (non-hydrogen) atoms. The summed E-state index contributed by atoms with van der Waals surface area (Å²) in [5, 5.41) is 33.1. The average molecular weight is 587 g/mol. The normalized spacial score (nSPS) is 11.0. The molecule has 0 fully saturated rings. The molecule has 210 valence electrons. The molecule has 0 unspecified atom stereocenters. The van der Waals surface area contributed by atoms with Crippen molar-refractivity contribution in [2.24, 2.45) is 0 Å². The van der Waals surface area contributed by atoms with E-state index in [0.717, 1.165) is 43.7 Å². The first kappa shape index (κ1) is 26.4. The number of aromatic nitrogens is 4. The van der Waals surface area contributed by atoms with E-state index in [0.29, 0.717) is 45.1 Å². The Morgan fingerprint density at radius 1 is 0.609 bits per heavy atom. The predicted octanol–water partition coefficient (Wildman–Crippen LogP) is 8.50. The van der Waals surface area contributed by atoms with Gasteiger partial charge >= 0.3 is 0 Å². The number of rotatable bonds is 3. The fourth-order valence-corrected chi connectivity index (χ4v) is 6.26. The van der Waals surface area contributed by atoms with Gasteiger partial charge in [-0.15, -0.1) is 0 Å². The molecule has 0 atom stereocenters. The summed E-state index contributed by atoms with van der Waals surface area (Å²) in [4.78, 5) is 13.6. The SMILES string of the molecule is [C-]#[N+]c1ccc(C#N)c(-c2cc(-n3c4ccc(C#N)cc4c4cc(C#N)ccc43)nc(-n3c4ccccc4c4cccnc43)c2)c1. The number of hydrogen-bond donors (Lipinski definition) is 0. The van der Waals surface area contributed by atoms with Crippen LogP contribution in [-0.4, -0.2) is 19.1 Å². The highest BCUT2D eigenvalue weighted by Crippen LogP contribution is 2.37. The number of nitriles is 3. The van der Waals surface area contributed by atoms with Crippen LogP contribution in [-0.2, 0) is 0 Å². The molecule has 8 heteroatoms. The van der Waals surface area contributed by atoms with Crippen LogP contribution in [0.3, 0.4) is 0 Å². The Balaban J connectivity index is 1.53. The summed E-state index contributed by atoms with van der Waals surface area (Å²) in [5.41, 5.74) is 6.40. The molecular weight excluding hydrogens is 568 g/mol. The number of pyridine rings is 2. The first-order chi connectivity index (χ1) is 22.6. The third kappa shape index (κ3) is 3.90. The minimum absolute atomic E-state index is 0.414. The molecule has 0 aliphatic heterocycles. The largest absolute Gasteiger partial charge is 0.294 e. The maximum Gasteiger partial charge on any atom is 0.187 e. The van der Waals surface area contributed by atoms with Gasteiger partial charge in [0.2, 0.25) is 0 Å². The molecule has 8 nitrogen and oxygen atoms in total. The highest BCUT2D eigenvalue weighted by molar-refractivity contribution is 6.10. The molecule has 0 bridgehead atoms. The van der Waals surface area contributed by atoms with Crippen molar-refractivity contribution >= 4 is 49.4 Å². The van der Waals surface area contributed by atoms with Crippen LogP contribution in [0, 0.1) is 40.6 Å². The third-order valence-electron chi connectivity index (χ3n) is 8.28.